The molecule has 0 unspecified atom stereocenters. The number of nitrogens with zero attached hydrogens (tertiary/aromatic N) is 1. The molecule has 0 aliphatic carbocycles. The number of carbonyl (C=O) groups is 1. The molecule has 1 aliphatic heterocycles. The number of aliphatic hydroxyl groups excluding tert-OH is 1. The highest BCUT2D eigenvalue weighted by atomic mass is 16.3. The van der Waals surface area contributed by atoms with Crippen molar-refractivity contribution in [3.63, 3.8) is 0 Å². The highest BCUT2D eigenvalue weighted by Crippen LogP contribution is 2.36. The lowest BCUT2D eigenvalue weighted by molar-refractivity contribution is 0.0321. The van der Waals surface area contributed by atoms with Gasteiger partial charge in [-0.05, 0) is 56.6 Å². The quantitative estimate of drug-likeness (QED) is 0.926. The second-order valence-electron chi connectivity index (χ2n) is 7.26. The number of furan rings is 1. The zero-order valence-corrected chi connectivity index (χ0v) is 15.1. The van der Waals surface area contributed by atoms with Crippen molar-refractivity contribution in [2.75, 3.05) is 19.7 Å². The molecular formula is C20H27NO3. The number of aliphatic hydroxyl groups is 1. The van der Waals surface area contributed by atoms with Gasteiger partial charge in [0.25, 0.3) is 5.91 Å². The first-order valence-corrected chi connectivity index (χ1v) is 8.82. The fraction of sp³-hybridized carbons (Fsp3) is 0.550. The number of fused-ring (bicyclic) bond motifs is 1. The van der Waals surface area contributed by atoms with E-state index in [2.05, 4.69) is 19.9 Å². The van der Waals surface area contributed by atoms with Crippen molar-refractivity contribution in [1.29, 1.82) is 0 Å². The summed E-state index contributed by atoms with van der Waals surface area (Å²) in [6, 6.07) is 4.11. The summed E-state index contributed by atoms with van der Waals surface area (Å²) in [5.74, 6) is 0.445. The highest BCUT2D eigenvalue weighted by molar-refractivity contribution is 6.00. The summed E-state index contributed by atoms with van der Waals surface area (Å²) in [7, 11) is 0. The van der Waals surface area contributed by atoms with Gasteiger partial charge in [-0.1, -0.05) is 19.1 Å². The van der Waals surface area contributed by atoms with Crippen LogP contribution in [0.5, 0.6) is 0 Å². The van der Waals surface area contributed by atoms with Crippen LogP contribution in [0.1, 0.15) is 53.4 Å². The Morgan fingerprint density at radius 2 is 1.83 bits per heavy atom. The average molecular weight is 329 g/mol. The van der Waals surface area contributed by atoms with Crippen LogP contribution in [0.15, 0.2) is 16.5 Å². The number of hydrogen-bond donors (Lipinski definition) is 1. The van der Waals surface area contributed by atoms with E-state index in [4.69, 9.17) is 4.42 Å². The minimum absolute atomic E-state index is 0.0210. The largest absolute Gasteiger partial charge is 0.450 e. The standard InChI is InChI=1S/C20H27NO3/c1-5-20(12-22)8-10-21(11-9-20)19(23)18-15(4)16-13(2)6-7-14(3)17(16)24-18/h6-7,22H,5,8-12H2,1-4H3. The van der Waals surface area contributed by atoms with E-state index in [0.29, 0.717) is 18.8 Å². The summed E-state index contributed by atoms with van der Waals surface area (Å²) in [6.07, 6.45) is 2.65. The topological polar surface area (TPSA) is 53.7 Å². The third-order valence-corrected chi connectivity index (χ3v) is 5.87. The fourth-order valence-electron chi connectivity index (χ4n) is 3.83. The van der Waals surface area contributed by atoms with Gasteiger partial charge in [-0.3, -0.25) is 4.79 Å². The van der Waals surface area contributed by atoms with E-state index in [1.165, 1.54) is 0 Å². The number of aryl methyl sites for hydroxylation is 3. The van der Waals surface area contributed by atoms with E-state index in [9.17, 15) is 9.90 Å². The number of carbonyl (C=O) groups excluding carboxylic acids is 1. The van der Waals surface area contributed by atoms with Crippen molar-refractivity contribution in [2.45, 2.75) is 47.0 Å². The van der Waals surface area contributed by atoms with Gasteiger partial charge in [-0.15, -0.1) is 0 Å². The molecule has 2 heterocycles. The second-order valence-corrected chi connectivity index (χ2v) is 7.26. The van der Waals surface area contributed by atoms with Crippen LogP contribution in [0.4, 0.5) is 0 Å². The van der Waals surface area contributed by atoms with Gasteiger partial charge < -0.3 is 14.4 Å². The predicted molar refractivity (Wildman–Crippen MR) is 95.4 cm³/mol. The van der Waals surface area contributed by atoms with Crippen molar-refractivity contribution >= 4 is 16.9 Å². The first kappa shape index (κ1) is 17.0. The molecule has 0 bridgehead atoms. The fourth-order valence-corrected chi connectivity index (χ4v) is 3.83. The molecule has 4 heteroatoms. The molecule has 24 heavy (non-hydrogen) atoms. The Bertz CT molecular complexity index is 761. The molecule has 0 spiro atoms. The Hall–Kier alpha value is -1.81. The molecule has 1 aliphatic rings. The molecule has 1 saturated heterocycles. The number of piperidine rings is 1. The van der Waals surface area contributed by atoms with Gasteiger partial charge in [0.15, 0.2) is 5.76 Å². The zero-order chi connectivity index (χ0) is 17.5. The van der Waals surface area contributed by atoms with Crippen LogP contribution < -0.4 is 0 Å². The molecule has 1 fully saturated rings. The van der Waals surface area contributed by atoms with Gasteiger partial charge in [0.2, 0.25) is 0 Å². The Balaban J connectivity index is 1.89. The number of hydrogen-bond acceptors (Lipinski definition) is 3. The van der Waals surface area contributed by atoms with E-state index < -0.39 is 0 Å². The van der Waals surface area contributed by atoms with E-state index >= 15 is 0 Å². The lowest BCUT2D eigenvalue weighted by atomic mass is 9.77. The first-order chi connectivity index (χ1) is 11.4. The normalized spacial score (nSPS) is 17.5. The number of amides is 1. The van der Waals surface area contributed by atoms with Gasteiger partial charge in [0.05, 0.1) is 0 Å². The summed E-state index contributed by atoms with van der Waals surface area (Å²) >= 11 is 0. The molecule has 1 N–H and O–H groups in total. The van der Waals surface area contributed by atoms with E-state index in [1.807, 2.05) is 24.8 Å². The summed E-state index contributed by atoms with van der Waals surface area (Å²) in [5.41, 5.74) is 3.94. The molecule has 1 amide bonds. The molecular weight excluding hydrogens is 302 g/mol. The number of rotatable bonds is 3. The lowest BCUT2D eigenvalue weighted by Crippen LogP contribution is -2.44. The monoisotopic (exact) mass is 329 g/mol. The Morgan fingerprint density at radius 3 is 2.38 bits per heavy atom. The molecule has 130 valence electrons. The molecule has 0 radical (unpaired) electrons. The van der Waals surface area contributed by atoms with Gasteiger partial charge in [-0.25, -0.2) is 0 Å². The zero-order valence-electron chi connectivity index (χ0n) is 15.1. The SMILES string of the molecule is CCC1(CO)CCN(C(=O)c2oc3c(C)ccc(C)c3c2C)CC1. The molecule has 3 rings (SSSR count). The second kappa shape index (κ2) is 6.25. The van der Waals surface area contributed by atoms with Crippen molar-refractivity contribution in [1.82, 2.24) is 4.90 Å². The number of likely N-dealkylation sites (tertiary alicyclic amines) is 1. The van der Waals surface area contributed by atoms with Crippen LogP contribution in [0.3, 0.4) is 0 Å². The summed E-state index contributed by atoms with van der Waals surface area (Å²) < 4.78 is 5.99. The highest BCUT2D eigenvalue weighted by Gasteiger charge is 2.35. The van der Waals surface area contributed by atoms with E-state index in [1.54, 1.807) is 0 Å². The molecule has 0 atom stereocenters. The van der Waals surface area contributed by atoms with E-state index in [0.717, 1.165) is 46.9 Å². The van der Waals surface area contributed by atoms with Gasteiger partial charge in [0.1, 0.15) is 5.58 Å². The maximum atomic E-state index is 13.0. The Morgan fingerprint density at radius 1 is 1.21 bits per heavy atom. The molecule has 2 aromatic rings. The van der Waals surface area contributed by atoms with Crippen LogP contribution in [0.2, 0.25) is 0 Å². The first-order valence-electron chi connectivity index (χ1n) is 8.82. The Labute approximate surface area is 143 Å². The maximum absolute atomic E-state index is 13.0. The lowest BCUT2D eigenvalue weighted by Gasteiger charge is -2.40. The minimum atomic E-state index is -0.0230. The van der Waals surface area contributed by atoms with E-state index in [-0.39, 0.29) is 17.9 Å². The smallest absolute Gasteiger partial charge is 0.289 e. The van der Waals surface area contributed by atoms with Crippen molar-refractivity contribution in [3.05, 3.63) is 34.6 Å². The van der Waals surface area contributed by atoms with Crippen LogP contribution in [-0.4, -0.2) is 35.6 Å². The molecule has 1 aromatic carbocycles. The predicted octanol–water partition coefficient (Wildman–Crippen LogP) is 3.98. The van der Waals surface area contributed by atoms with Crippen LogP contribution in [0, 0.1) is 26.2 Å². The summed E-state index contributed by atoms with van der Waals surface area (Å²) in [4.78, 5) is 14.8. The van der Waals surface area contributed by atoms with Gasteiger partial charge in [0, 0.05) is 30.6 Å². The van der Waals surface area contributed by atoms with Gasteiger partial charge in [-0.2, -0.15) is 0 Å². The molecule has 0 saturated carbocycles. The van der Waals surface area contributed by atoms with Crippen LogP contribution in [-0.2, 0) is 0 Å². The third kappa shape index (κ3) is 2.63. The maximum Gasteiger partial charge on any atom is 0.289 e. The van der Waals surface area contributed by atoms with Crippen LogP contribution in [0.25, 0.3) is 11.0 Å². The summed E-state index contributed by atoms with van der Waals surface area (Å²) in [6.45, 7) is 9.71. The third-order valence-electron chi connectivity index (χ3n) is 5.87. The van der Waals surface area contributed by atoms with Crippen LogP contribution >= 0.6 is 0 Å². The molecule has 4 nitrogen and oxygen atoms in total. The minimum Gasteiger partial charge on any atom is -0.450 e. The Kier molecular flexibility index (Phi) is 4.43. The number of benzene rings is 1. The van der Waals surface area contributed by atoms with Crippen molar-refractivity contribution in [3.8, 4) is 0 Å². The van der Waals surface area contributed by atoms with Gasteiger partial charge >= 0.3 is 0 Å². The average Bonchev–Trinajstić information content (AvgIpc) is 2.96. The molecule has 1 aromatic heterocycles. The van der Waals surface area contributed by atoms with Crippen molar-refractivity contribution in [2.24, 2.45) is 5.41 Å². The summed E-state index contributed by atoms with van der Waals surface area (Å²) in [5, 5.41) is 10.7. The van der Waals surface area contributed by atoms with Crippen molar-refractivity contribution < 1.29 is 14.3 Å².